The predicted molar refractivity (Wildman–Crippen MR) is 105 cm³/mol. The number of amides is 1. The largest absolute Gasteiger partial charge is 0.365 e. The Bertz CT molecular complexity index is 934. The van der Waals surface area contributed by atoms with Crippen molar-refractivity contribution in [1.82, 2.24) is 25.1 Å². The van der Waals surface area contributed by atoms with Gasteiger partial charge in [0.15, 0.2) is 5.82 Å². The van der Waals surface area contributed by atoms with E-state index in [9.17, 15) is 4.79 Å². The molecule has 7 heteroatoms. The van der Waals surface area contributed by atoms with E-state index in [1.165, 1.54) is 0 Å². The molecule has 0 saturated heterocycles. The summed E-state index contributed by atoms with van der Waals surface area (Å²) in [6.07, 6.45) is 4.27. The number of aromatic nitrogens is 4. The molecule has 1 amide bonds. The normalized spacial score (nSPS) is 10.6. The fourth-order valence-electron chi connectivity index (χ4n) is 2.76. The number of carbonyl (C=O) groups is 1. The van der Waals surface area contributed by atoms with E-state index >= 15 is 0 Å². The predicted octanol–water partition coefficient (Wildman–Crippen LogP) is 3.03. The van der Waals surface area contributed by atoms with Gasteiger partial charge < -0.3 is 10.6 Å². The van der Waals surface area contributed by atoms with Crippen molar-refractivity contribution in [2.75, 3.05) is 11.9 Å². The Hall–Kier alpha value is -3.22. The SMILES string of the molecule is CCCNC(=O)c1cccc(CNc2cncc(-n3nc(C)cc3C)n2)c1. The average Bonchev–Trinajstić information content (AvgIpc) is 3.03. The highest BCUT2D eigenvalue weighted by Gasteiger charge is 2.08. The van der Waals surface area contributed by atoms with E-state index in [1.807, 2.05) is 51.1 Å². The molecule has 0 radical (unpaired) electrons. The number of aryl methyl sites for hydroxylation is 2. The van der Waals surface area contributed by atoms with Crippen LogP contribution in [-0.4, -0.2) is 32.2 Å². The van der Waals surface area contributed by atoms with Crippen LogP contribution in [0.15, 0.2) is 42.7 Å². The highest BCUT2D eigenvalue weighted by atomic mass is 16.1. The van der Waals surface area contributed by atoms with Gasteiger partial charge in [-0.2, -0.15) is 5.10 Å². The molecule has 0 bridgehead atoms. The molecular formula is C20H24N6O. The van der Waals surface area contributed by atoms with Gasteiger partial charge in [0.25, 0.3) is 5.91 Å². The molecule has 7 nitrogen and oxygen atoms in total. The monoisotopic (exact) mass is 364 g/mol. The summed E-state index contributed by atoms with van der Waals surface area (Å²) in [5.41, 5.74) is 3.60. The third-order valence-corrected chi connectivity index (χ3v) is 4.05. The lowest BCUT2D eigenvalue weighted by molar-refractivity contribution is 0.0953. The van der Waals surface area contributed by atoms with E-state index in [4.69, 9.17) is 0 Å². The third-order valence-electron chi connectivity index (χ3n) is 4.05. The van der Waals surface area contributed by atoms with Crippen molar-refractivity contribution in [2.24, 2.45) is 0 Å². The molecule has 1 aromatic carbocycles. The highest BCUT2D eigenvalue weighted by Crippen LogP contribution is 2.12. The lowest BCUT2D eigenvalue weighted by atomic mass is 10.1. The average molecular weight is 364 g/mol. The van der Waals surface area contributed by atoms with E-state index in [-0.39, 0.29) is 5.91 Å². The van der Waals surface area contributed by atoms with Crippen molar-refractivity contribution >= 4 is 11.7 Å². The maximum absolute atomic E-state index is 12.1. The van der Waals surface area contributed by atoms with Crippen LogP contribution < -0.4 is 10.6 Å². The van der Waals surface area contributed by atoms with Crippen LogP contribution in [0.25, 0.3) is 5.82 Å². The van der Waals surface area contributed by atoms with Crippen LogP contribution in [0.5, 0.6) is 0 Å². The van der Waals surface area contributed by atoms with Gasteiger partial charge in [-0.3, -0.25) is 9.78 Å². The van der Waals surface area contributed by atoms with Gasteiger partial charge in [0, 0.05) is 24.3 Å². The van der Waals surface area contributed by atoms with Gasteiger partial charge in [-0.15, -0.1) is 0 Å². The van der Waals surface area contributed by atoms with E-state index < -0.39 is 0 Å². The summed E-state index contributed by atoms with van der Waals surface area (Å²) in [5, 5.41) is 10.6. The minimum atomic E-state index is -0.0509. The number of anilines is 1. The Morgan fingerprint density at radius 2 is 2.04 bits per heavy atom. The van der Waals surface area contributed by atoms with Crippen molar-refractivity contribution in [3.05, 3.63) is 65.2 Å². The van der Waals surface area contributed by atoms with Crippen molar-refractivity contribution in [3.8, 4) is 5.82 Å². The fraction of sp³-hybridized carbons (Fsp3) is 0.300. The number of carbonyl (C=O) groups excluding carboxylic acids is 1. The molecule has 2 N–H and O–H groups in total. The zero-order valence-corrected chi connectivity index (χ0v) is 15.9. The van der Waals surface area contributed by atoms with E-state index in [0.717, 1.165) is 23.4 Å². The Balaban J connectivity index is 1.69. The lowest BCUT2D eigenvalue weighted by Gasteiger charge is -2.09. The first-order valence-electron chi connectivity index (χ1n) is 9.03. The van der Waals surface area contributed by atoms with Gasteiger partial charge in [0.05, 0.1) is 18.1 Å². The number of hydrogen-bond acceptors (Lipinski definition) is 5. The summed E-state index contributed by atoms with van der Waals surface area (Å²) < 4.78 is 1.77. The van der Waals surface area contributed by atoms with Crippen molar-refractivity contribution < 1.29 is 4.79 Å². The lowest BCUT2D eigenvalue weighted by Crippen LogP contribution is -2.24. The Labute approximate surface area is 158 Å². The third kappa shape index (κ3) is 4.69. The second kappa shape index (κ2) is 8.44. The van der Waals surface area contributed by atoms with Crippen LogP contribution >= 0.6 is 0 Å². The summed E-state index contributed by atoms with van der Waals surface area (Å²) in [6, 6.07) is 9.56. The molecule has 0 unspecified atom stereocenters. The molecule has 3 aromatic rings. The maximum Gasteiger partial charge on any atom is 0.251 e. The summed E-state index contributed by atoms with van der Waals surface area (Å²) in [4.78, 5) is 20.9. The van der Waals surface area contributed by atoms with E-state index in [0.29, 0.717) is 30.3 Å². The summed E-state index contributed by atoms with van der Waals surface area (Å²) >= 11 is 0. The van der Waals surface area contributed by atoms with Crippen LogP contribution in [0.1, 0.15) is 40.7 Å². The maximum atomic E-state index is 12.1. The van der Waals surface area contributed by atoms with Crippen molar-refractivity contribution in [3.63, 3.8) is 0 Å². The van der Waals surface area contributed by atoms with E-state index in [1.54, 1.807) is 17.1 Å². The van der Waals surface area contributed by atoms with Crippen LogP contribution in [0.3, 0.4) is 0 Å². The van der Waals surface area contributed by atoms with Crippen LogP contribution in [0, 0.1) is 13.8 Å². The second-order valence-electron chi connectivity index (χ2n) is 6.41. The Morgan fingerprint density at radius 1 is 1.19 bits per heavy atom. The summed E-state index contributed by atoms with van der Waals surface area (Å²) in [6.45, 7) is 7.18. The van der Waals surface area contributed by atoms with Crippen LogP contribution in [0.4, 0.5) is 5.82 Å². The fourth-order valence-corrected chi connectivity index (χ4v) is 2.76. The molecule has 0 spiro atoms. The number of nitrogens with zero attached hydrogens (tertiary/aromatic N) is 4. The zero-order chi connectivity index (χ0) is 19.2. The number of rotatable bonds is 7. The minimum Gasteiger partial charge on any atom is -0.365 e. The Kier molecular flexibility index (Phi) is 5.80. The quantitative estimate of drug-likeness (QED) is 0.673. The molecule has 140 valence electrons. The van der Waals surface area contributed by atoms with E-state index in [2.05, 4.69) is 25.7 Å². The molecule has 2 heterocycles. The first kappa shape index (κ1) is 18.6. The summed E-state index contributed by atoms with van der Waals surface area (Å²) in [5.74, 6) is 1.27. The molecule has 0 aliphatic heterocycles. The molecule has 2 aromatic heterocycles. The topological polar surface area (TPSA) is 84.7 Å². The van der Waals surface area contributed by atoms with Gasteiger partial charge in [-0.05, 0) is 44.0 Å². The van der Waals surface area contributed by atoms with Gasteiger partial charge in [-0.1, -0.05) is 19.1 Å². The molecule has 0 fully saturated rings. The molecule has 0 atom stereocenters. The van der Waals surface area contributed by atoms with Gasteiger partial charge in [0.1, 0.15) is 5.82 Å². The molecular weight excluding hydrogens is 340 g/mol. The summed E-state index contributed by atoms with van der Waals surface area (Å²) in [7, 11) is 0. The molecule has 0 saturated carbocycles. The van der Waals surface area contributed by atoms with Crippen molar-refractivity contribution in [1.29, 1.82) is 0 Å². The number of nitrogens with one attached hydrogen (secondary N) is 2. The number of hydrogen-bond donors (Lipinski definition) is 2. The first-order valence-corrected chi connectivity index (χ1v) is 9.03. The number of benzene rings is 1. The first-order chi connectivity index (χ1) is 13.1. The second-order valence-corrected chi connectivity index (χ2v) is 6.41. The highest BCUT2D eigenvalue weighted by molar-refractivity contribution is 5.94. The van der Waals surface area contributed by atoms with Gasteiger partial charge in [-0.25, -0.2) is 9.67 Å². The minimum absolute atomic E-state index is 0.0509. The van der Waals surface area contributed by atoms with Gasteiger partial charge in [0.2, 0.25) is 0 Å². The smallest absolute Gasteiger partial charge is 0.251 e. The molecule has 0 aliphatic rings. The standard InChI is InChI=1S/C20H24N6O/c1-4-8-22-20(27)17-7-5-6-16(10-17)11-23-18-12-21-13-19(24-18)26-15(3)9-14(2)25-26/h5-7,9-10,12-13H,4,8,11H2,1-3H3,(H,22,27)(H,23,24). The molecule has 3 rings (SSSR count). The zero-order valence-electron chi connectivity index (χ0n) is 15.9. The van der Waals surface area contributed by atoms with Crippen LogP contribution in [-0.2, 0) is 6.54 Å². The molecule has 0 aliphatic carbocycles. The van der Waals surface area contributed by atoms with Gasteiger partial charge >= 0.3 is 0 Å². The Morgan fingerprint density at radius 3 is 2.78 bits per heavy atom. The van der Waals surface area contributed by atoms with Crippen molar-refractivity contribution in [2.45, 2.75) is 33.7 Å². The van der Waals surface area contributed by atoms with Crippen LogP contribution in [0.2, 0.25) is 0 Å². The molecule has 27 heavy (non-hydrogen) atoms.